The molecule has 7 rings (SSSR count). The van der Waals surface area contributed by atoms with Gasteiger partial charge >= 0.3 is 24.7 Å². The normalized spacial score (nSPS) is 25.1. The molecular formula is C39H26F12N2O6. The van der Waals surface area contributed by atoms with E-state index in [1.165, 1.54) is 43.5 Å². The van der Waals surface area contributed by atoms with Crippen molar-refractivity contribution >= 4 is 41.1 Å². The minimum atomic E-state index is -5.36. The van der Waals surface area contributed by atoms with Crippen molar-refractivity contribution in [2.45, 2.75) is 37.5 Å². The number of phenolic OH excluding ortho intramolecular Hbond substituents is 1. The molecule has 0 radical (unpaired) electrons. The van der Waals surface area contributed by atoms with E-state index in [1.807, 2.05) is 0 Å². The number of aromatic hydroxyl groups is 1. The maximum atomic E-state index is 14.2. The summed E-state index contributed by atoms with van der Waals surface area (Å²) in [6, 6.07) is 4.38. The Bertz CT molecular complexity index is 2280. The highest BCUT2D eigenvalue weighted by atomic mass is 19.4. The summed E-state index contributed by atoms with van der Waals surface area (Å²) in [4.78, 5) is 56.8. The van der Waals surface area contributed by atoms with Crippen LogP contribution in [0.15, 0.2) is 72.3 Å². The molecule has 0 aromatic heterocycles. The Morgan fingerprint density at radius 3 is 1.53 bits per heavy atom. The van der Waals surface area contributed by atoms with Crippen molar-refractivity contribution in [3.63, 3.8) is 0 Å². The van der Waals surface area contributed by atoms with E-state index in [-0.39, 0.29) is 69.7 Å². The summed E-state index contributed by atoms with van der Waals surface area (Å²) in [5, 5.41) is 10.1. The number of allylic oxidation sites excluding steroid dienone is 3. The summed E-state index contributed by atoms with van der Waals surface area (Å²) >= 11 is 0. The molecule has 4 amide bonds. The second-order valence-corrected chi connectivity index (χ2v) is 14.4. The number of rotatable bonds is 5. The summed E-state index contributed by atoms with van der Waals surface area (Å²) in [6.45, 7) is 0. The summed E-state index contributed by atoms with van der Waals surface area (Å²) in [7, 11) is 1.24. The van der Waals surface area contributed by atoms with Crippen molar-refractivity contribution in [3.8, 4) is 11.5 Å². The molecule has 6 atom stereocenters. The number of methoxy groups -OCH3 is 1. The third-order valence-corrected chi connectivity index (χ3v) is 11.1. The maximum absolute atomic E-state index is 14.2. The Hall–Kier alpha value is -5.82. The van der Waals surface area contributed by atoms with Gasteiger partial charge in [-0.1, -0.05) is 29.9 Å². The van der Waals surface area contributed by atoms with Crippen LogP contribution in [0, 0.1) is 35.5 Å². The molecule has 0 bridgehead atoms. The number of anilines is 2. The van der Waals surface area contributed by atoms with Gasteiger partial charge < -0.3 is 9.84 Å². The van der Waals surface area contributed by atoms with Gasteiger partial charge in [0.25, 0.3) is 0 Å². The quantitative estimate of drug-likeness (QED) is 0.156. The Morgan fingerprint density at radius 2 is 1.07 bits per heavy atom. The zero-order valence-electron chi connectivity index (χ0n) is 29.7. The molecule has 4 aliphatic rings. The first kappa shape index (κ1) is 41.3. The van der Waals surface area contributed by atoms with E-state index in [0.29, 0.717) is 5.56 Å². The number of imide groups is 2. The minimum Gasteiger partial charge on any atom is -0.504 e. The lowest BCUT2D eigenvalue weighted by molar-refractivity contribution is -0.144. The van der Waals surface area contributed by atoms with Gasteiger partial charge in [-0.05, 0) is 72.9 Å². The van der Waals surface area contributed by atoms with Gasteiger partial charge in [-0.25, -0.2) is 9.80 Å². The molecule has 8 nitrogen and oxygen atoms in total. The number of benzene rings is 3. The van der Waals surface area contributed by atoms with Crippen molar-refractivity contribution < 1.29 is 81.7 Å². The smallest absolute Gasteiger partial charge is 0.416 e. The van der Waals surface area contributed by atoms with Crippen LogP contribution in [0.4, 0.5) is 64.1 Å². The zero-order chi connectivity index (χ0) is 43.3. The highest BCUT2D eigenvalue weighted by molar-refractivity contribution is 6.24. The van der Waals surface area contributed by atoms with E-state index < -0.39 is 124 Å². The molecule has 2 aliphatic heterocycles. The molecular weight excluding hydrogens is 820 g/mol. The number of carbonyl (C=O) groups is 4. The Morgan fingerprint density at radius 1 is 0.610 bits per heavy atom. The van der Waals surface area contributed by atoms with Crippen molar-refractivity contribution in [1.82, 2.24) is 0 Å². The summed E-state index contributed by atoms with van der Waals surface area (Å²) in [5.74, 6) is -13.6. The van der Waals surface area contributed by atoms with Crippen molar-refractivity contribution in [2.75, 3.05) is 16.9 Å². The van der Waals surface area contributed by atoms with E-state index in [9.17, 15) is 77.0 Å². The Kier molecular flexibility index (Phi) is 9.74. The number of fused-ring (bicyclic) bond motifs is 4. The first-order chi connectivity index (χ1) is 27.3. The van der Waals surface area contributed by atoms with E-state index in [4.69, 9.17) is 4.74 Å². The monoisotopic (exact) mass is 846 g/mol. The molecule has 2 heterocycles. The van der Waals surface area contributed by atoms with Crippen LogP contribution in [0.1, 0.15) is 40.7 Å². The molecule has 0 unspecified atom stereocenters. The van der Waals surface area contributed by atoms with Gasteiger partial charge in [0.05, 0.1) is 64.4 Å². The molecule has 1 N–H and O–H groups in total. The molecule has 2 saturated heterocycles. The zero-order valence-corrected chi connectivity index (χ0v) is 29.7. The van der Waals surface area contributed by atoms with Gasteiger partial charge in [-0.15, -0.1) is 0 Å². The number of amides is 4. The van der Waals surface area contributed by atoms with E-state index in [1.54, 1.807) is 0 Å². The van der Waals surface area contributed by atoms with Gasteiger partial charge in [-0.3, -0.25) is 19.2 Å². The highest BCUT2D eigenvalue weighted by Gasteiger charge is 2.62. The SMILES string of the molecule is COc1cc(C=C[C@H]2C3=CC[C@@H]4C(=O)N(c5cc(C(F)(F)F)cc(C(F)(F)F)c5)C(=O)[C@@H]4[C@@H]3C[C@H]3C(=O)N(c4cc(C(F)(F)F)cc(C(F)(F)F)c4)C(=O)[C@@H]23)ccc1O. The predicted molar refractivity (Wildman–Crippen MR) is 180 cm³/mol. The fourth-order valence-electron chi connectivity index (χ4n) is 8.51. The number of carbonyl (C=O) groups excluding carboxylic acids is 4. The molecule has 59 heavy (non-hydrogen) atoms. The van der Waals surface area contributed by atoms with E-state index >= 15 is 0 Å². The van der Waals surface area contributed by atoms with Crippen LogP contribution in [0.3, 0.4) is 0 Å². The average molecular weight is 847 g/mol. The largest absolute Gasteiger partial charge is 0.504 e. The number of hydrogen-bond donors (Lipinski definition) is 1. The fourth-order valence-corrected chi connectivity index (χ4v) is 8.51. The Labute approximate surface area is 324 Å². The highest BCUT2D eigenvalue weighted by Crippen LogP contribution is 2.57. The second-order valence-electron chi connectivity index (χ2n) is 14.4. The number of ether oxygens (including phenoxy) is 1. The lowest BCUT2D eigenvalue weighted by atomic mass is 9.58. The summed E-state index contributed by atoms with van der Waals surface area (Å²) in [6.07, 6.45) is -18.1. The molecule has 1 saturated carbocycles. The fraction of sp³-hybridized carbons (Fsp3) is 0.333. The third-order valence-electron chi connectivity index (χ3n) is 11.1. The lowest BCUT2D eigenvalue weighted by Gasteiger charge is -2.42. The van der Waals surface area contributed by atoms with E-state index in [0.717, 1.165) is 0 Å². The van der Waals surface area contributed by atoms with Gasteiger partial charge in [0, 0.05) is 5.92 Å². The van der Waals surface area contributed by atoms with Crippen LogP contribution in [-0.2, 0) is 43.9 Å². The predicted octanol–water partition coefficient (Wildman–Crippen LogP) is 9.07. The van der Waals surface area contributed by atoms with Crippen molar-refractivity contribution in [2.24, 2.45) is 35.5 Å². The first-order valence-electron chi connectivity index (χ1n) is 17.4. The molecule has 312 valence electrons. The topological polar surface area (TPSA) is 104 Å². The maximum Gasteiger partial charge on any atom is 0.416 e. The second kappa shape index (κ2) is 13.9. The first-order valence-corrected chi connectivity index (χ1v) is 17.4. The lowest BCUT2D eigenvalue weighted by Crippen LogP contribution is -2.43. The van der Waals surface area contributed by atoms with E-state index in [2.05, 4.69) is 0 Å². The molecule has 2 aliphatic carbocycles. The molecule has 0 spiro atoms. The molecule has 20 heteroatoms. The van der Waals surface area contributed by atoms with Crippen molar-refractivity contribution in [1.29, 1.82) is 0 Å². The standard InChI is InChI=1S/C39H26F12N2O6/c1-59-29-8-16(3-7-28(29)54)2-4-24-23-5-6-25-31(35(58)52(32(25)55)21-11-17(36(40,41)42)9-18(12-21)37(43,44)45)26(23)15-27-30(24)34(57)53(33(27)56)22-13-19(38(46,47)48)10-20(14-22)39(49,50)51/h2-5,7-14,24-27,30-31,54H,6,15H2,1H3/t24-,25-,26+,27+,30-,31-/m0/s1. The number of hydrogen-bond acceptors (Lipinski definition) is 6. The third kappa shape index (κ3) is 7.19. The number of nitrogens with zero attached hydrogens (tertiary/aromatic N) is 2. The Balaban J connectivity index is 1.34. The molecule has 3 aromatic rings. The molecule has 3 aromatic carbocycles. The van der Waals surface area contributed by atoms with Gasteiger partial charge in [0.1, 0.15) is 0 Å². The van der Waals surface area contributed by atoms with Crippen LogP contribution in [0.2, 0.25) is 0 Å². The van der Waals surface area contributed by atoms with Crippen LogP contribution >= 0.6 is 0 Å². The number of phenols is 1. The van der Waals surface area contributed by atoms with Crippen LogP contribution < -0.4 is 14.5 Å². The summed E-state index contributed by atoms with van der Waals surface area (Å²) in [5.41, 5.74) is -8.84. The molecule has 3 fully saturated rings. The van der Waals surface area contributed by atoms with Gasteiger partial charge in [0.15, 0.2) is 11.5 Å². The number of halogens is 12. The van der Waals surface area contributed by atoms with Crippen LogP contribution in [-0.4, -0.2) is 35.8 Å². The summed E-state index contributed by atoms with van der Waals surface area (Å²) < 4.78 is 171. The average Bonchev–Trinajstić information content (AvgIpc) is 3.55. The van der Waals surface area contributed by atoms with Gasteiger partial charge in [-0.2, -0.15) is 52.7 Å². The van der Waals surface area contributed by atoms with Crippen LogP contribution in [0.5, 0.6) is 11.5 Å². The van der Waals surface area contributed by atoms with Crippen LogP contribution in [0.25, 0.3) is 6.08 Å². The number of alkyl halides is 12. The van der Waals surface area contributed by atoms with Gasteiger partial charge in [0.2, 0.25) is 23.6 Å². The van der Waals surface area contributed by atoms with Crippen molar-refractivity contribution in [3.05, 3.63) is 100 Å². The minimum absolute atomic E-state index is 0.00647.